The van der Waals surface area contributed by atoms with Crippen LogP contribution in [0.2, 0.25) is 0 Å². The maximum Gasteiger partial charge on any atom is 0.460 e. The fourth-order valence-electron chi connectivity index (χ4n) is 1.27. The Morgan fingerprint density at radius 3 is 1.25 bits per heavy atom. The Labute approximate surface area is 138 Å². The van der Waals surface area contributed by atoms with Crippen LogP contribution in [0, 0.1) is 0 Å². The zero-order valence-electron chi connectivity index (χ0n) is 10.7. The molecule has 0 aromatic carbocycles. The average molecular weight is 504 g/mol. The van der Waals surface area contributed by atoms with Crippen LogP contribution in [0.1, 0.15) is 6.42 Å². The van der Waals surface area contributed by atoms with E-state index < -0.39 is 52.7 Å². The highest BCUT2D eigenvalue weighted by atomic mass is 127. The van der Waals surface area contributed by atoms with Crippen LogP contribution >= 0.6 is 22.6 Å². The molecule has 0 bridgehead atoms. The predicted octanol–water partition coefficient (Wildman–Crippen LogP) is 4.91. The summed E-state index contributed by atoms with van der Waals surface area (Å²) in [5, 5.41) is 8.37. The van der Waals surface area contributed by atoms with Crippen LogP contribution in [-0.2, 0) is 0 Å². The Morgan fingerprint density at radius 2 is 0.958 bits per heavy atom. The first-order chi connectivity index (χ1) is 10.2. The molecule has 0 aromatic heterocycles. The highest BCUT2D eigenvalue weighted by Crippen LogP contribution is 2.60. The summed E-state index contributed by atoms with van der Waals surface area (Å²) in [7, 11) is 0. The van der Waals surface area contributed by atoms with E-state index in [0.717, 1.165) is 22.6 Å². The van der Waals surface area contributed by atoms with Crippen LogP contribution in [0.5, 0.6) is 0 Å². The number of aliphatic hydroxyl groups excluding tert-OH is 1. The molecule has 0 saturated heterocycles. The van der Waals surface area contributed by atoms with Gasteiger partial charge < -0.3 is 5.11 Å². The van der Waals surface area contributed by atoms with Gasteiger partial charge in [0.25, 0.3) is 0 Å². The summed E-state index contributed by atoms with van der Waals surface area (Å²) < 4.78 is 163. The van der Waals surface area contributed by atoms with Gasteiger partial charge >= 0.3 is 35.8 Å². The molecule has 0 saturated carbocycles. The van der Waals surface area contributed by atoms with Gasteiger partial charge in [-0.2, -0.15) is 57.1 Å². The number of aliphatic hydroxyl groups is 1. The Morgan fingerprint density at radius 1 is 0.625 bits per heavy atom. The highest BCUT2D eigenvalue weighted by Gasteiger charge is 2.90. The number of alkyl halides is 14. The van der Waals surface area contributed by atoms with Crippen molar-refractivity contribution in [3.05, 3.63) is 0 Å². The van der Waals surface area contributed by atoms with Gasteiger partial charge in [0.05, 0.1) is 6.61 Å². The van der Waals surface area contributed by atoms with E-state index in [0.29, 0.717) is 0 Å². The van der Waals surface area contributed by atoms with Crippen LogP contribution in [0.3, 0.4) is 0 Å². The van der Waals surface area contributed by atoms with Gasteiger partial charge in [0.15, 0.2) is 0 Å². The zero-order chi connectivity index (χ0) is 20.0. The summed E-state index contributed by atoms with van der Waals surface area (Å²) in [5.74, 6) is -36.8. The summed E-state index contributed by atoms with van der Waals surface area (Å²) in [6.45, 7) is -1.31. The maximum absolute atomic E-state index is 13.1. The molecule has 0 aliphatic rings. The second-order valence-corrected chi connectivity index (χ2v) is 6.25. The summed E-state index contributed by atoms with van der Waals surface area (Å²) in [5.41, 5.74) is 0. The molecule has 0 aromatic rings. The van der Waals surface area contributed by atoms with Gasteiger partial charge in [-0.3, -0.25) is 0 Å². The monoisotopic (exact) mass is 504 g/mol. The molecule has 0 fully saturated rings. The van der Waals surface area contributed by atoms with Crippen molar-refractivity contribution in [1.82, 2.24) is 0 Å². The predicted molar refractivity (Wildman–Crippen MR) is 60.3 cm³/mol. The topological polar surface area (TPSA) is 20.2 Å². The van der Waals surface area contributed by atoms with Gasteiger partial charge in [0.2, 0.25) is 0 Å². The van der Waals surface area contributed by atoms with Gasteiger partial charge in [-0.25, -0.2) is 0 Å². The Balaban J connectivity index is 6.11. The first-order valence-corrected chi connectivity index (χ1v) is 6.66. The molecule has 1 atom stereocenters. The van der Waals surface area contributed by atoms with Crippen LogP contribution in [0.4, 0.5) is 57.1 Å². The number of halogens is 14. The molecule has 1 nitrogen and oxygen atoms in total. The maximum atomic E-state index is 13.1. The molecule has 0 unspecified atom stereocenters. The molecule has 0 aliphatic heterocycles. The van der Waals surface area contributed by atoms with Crippen molar-refractivity contribution in [3.8, 4) is 0 Å². The number of hydrogen-bond donors (Lipinski definition) is 1. The normalized spacial score (nSPS) is 17.1. The quantitative estimate of drug-likeness (QED) is 0.297. The van der Waals surface area contributed by atoms with Gasteiger partial charge in [0, 0.05) is 10.3 Å². The smallest absolute Gasteiger partial charge is 0.395 e. The van der Waals surface area contributed by atoms with E-state index >= 15 is 0 Å². The van der Waals surface area contributed by atoms with E-state index in [1.807, 2.05) is 0 Å². The van der Waals surface area contributed by atoms with Crippen molar-refractivity contribution in [3.63, 3.8) is 0 Å². The van der Waals surface area contributed by atoms with Gasteiger partial charge in [-0.15, -0.1) is 0 Å². The lowest BCUT2D eigenvalue weighted by Crippen LogP contribution is -2.70. The lowest BCUT2D eigenvalue weighted by molar-refractivity contribution is -0.440. The van der Waals surface area contributed by atoms with E-state index in [2.05, 4.69) is 0 Å². The molecule has 24 heavy (non-hydrogen) atoms. The Hall–Kier alpha value is -0.220. The lowest BCUT2D eigenvalue weighted by atomic mass is 9.92. The first kappa shape index (κ1) is 23.8. The molecule has 0 amide bonds. The minimum atomic E-state index is -7.88. The van der Waals surface area contributed by atoms with Crippen molar-refractivity contribution >= 4 is 22.6 Å². The molecule has 0 aliphatic carbocycles. The average Bonchev–Trinajstić information content (AvgIpc) is 2.35. The first-order valence-electron chi connectivity index (χ1n) is 5.41. The largest absolute Gasteiger partial charge is 0.460 e. The second kappa shape index (κ2) is 6.50. The van der Waals surface area contributed by atoms with Crippen molar-refractivity contribution in [2.45, 2.75) is 46.1 Å². The van der Waals surface area contributed by atoms with Gasteiger partial charge in [0.1, 0.15) is 0 Å². The fraction of sp³-hybridized carbons (Fsp3) is 1.00. The second-order valence-electron chi connectivity index (χ2n) is 4.48. The molecule has 146 valence electrons. The molecular weight excluding hydrogens is 498 g/mol. The number of hydrogen-bond acceptors (Lipinski definition) is 1. The molecule has 0 spiro atoms. The van der Waals surface area contributed by atoms with E-state index in [4.69, 9.17) is 5.11 Å². The van der Waals surface area contributed by atoms with E-state index in [-0.39, 0.29) is 0 Å². The third-order valence-corrected chi connectivity index (χ3v) is 3.51. The van der Waals surface area contributed by atoms with Crippen molar-refractivity contribution in [1.29, 1.82) is 0 Å². The minimum Gasteiger partial charge on any atom is -0.395 e. The van der Waals surface area contributed by atoms with Crippen LogP contribution in [-0.4, -0.2) is 51.4 Å². The van der Waals surface area contributed by atoms with Gasteiger partial charge in [-0.05, 0) is 0 Å². The fourth-order valence-corrected chi connectivity index (χ4v) is 1.83. The third-order valence-electron chi connectivity index (χ3n) is 2.67. The molecule has 1 N–H and O–H groups in total. The van der Waals surface area contributed by atoms with Crippen molar-refractivity contribution in [2.75, 3.05) is 6.61 Å². The lowest BCUT2D eigenvalue weighted by Gasteiger charge is -2.40. The van der Waals surface area contributed by atoms with E-state index in [1.165, 1.54) is 0 Å². The van der Waals surface area contributed by atoms with Crippen LogP contribution in [0.15, 0.2) is 0 Å². The summed E-state index contributed by atoms with van der Waals surface area (Å²) in [6, 6.07) is 0. The molecular formula is C9H6F13IO. The SMILES string of the molecule is OC[C@H](I)CC(F)(F)C(F)(F)C(F)(F)C(F)(F)C(F)(F)C(F)(F)F. The minimum absolute atomic E-state index is 0.825. The van der Waals surface area contributed by atoms with Crippen LogP contribution in [0.25, 0.3) is 0 Å². The Kier molecular flexibility index (Phi) is 6.44. The van der Waals surface area contributed by atoms with Crippen LogP contribution < -0.4 is 0 Å². The Bertz CT molecular complexity index is 443. The van der Waals surface area contributed by atoms with E-state index in [9.17, 15) is 57.1 Å². The van der Waals surface area contributed by atoms with E-state index in [1.54, 1.807) is 0 Å². The number of rotatable bonds is 7. The summed E-state index contributed by atoms with van der Waals surface area (Å²) in [6.07, 6.45) is -9.80. The molecule has 15 heteroatoms. The molecule has 0 radical (unpaired) electrons. The summed E-state index contributed by atoms with van der Waals surface area (Å²) >= 11 is 0.825. The molecule has 0 heterocycles. The van der Waals surface area contributed by atoms with Crippen molar-refractivity contribution < 1.29 is 62.2 Å². The molecule has 0 rings (SSSR count). The third kappa shape index (κ3) is 3.51. The van der Waals surface area contributed by atoms with Crippen molar-refractivity contribution in [2.24, 2.45) is 0 Å². The van der Waals surface area contributed by atoms with Gasteiger partial charge in [-0.1, -0.05) is 22.6 Å². The zero-order valence-corrected chi connectivity index (χ0v) is 12.9. The standard InChI is InChI=1S/C9H6F13IO/c10-4(11,1-3(23)2-24)5(12,13)6(14,15)7(16,17)8(18,19)9(20,21)22/h3,24H,1-2H2/t3-/m1/s1. The highest BCUT2D eigenvalue weighted by molar-refractivity contribution is 14.1. The summed E-state index contributed by atoms with van der Waals surface area (Å²) in [4.78, 5) is 0.